The number of anilines is 1. The topological polar surface area (TPSA) is 72.5 Å². The highest BCUT2D eigenvalue weighted by molar-refractivity contribution is 6.33. The van der Waals surface area contributed by atoms with Crippen molar-refractivity contribution in [2.45, 2.75) is 27.2 Å². The number of halogens is 1. The predicted molar refractivity (Wildman–Crippen MR) is 85.8 cm³/mol. The number of nitrogens with zero attached hydrogens (tertiary/aromatic N) is 3. The van der Waals surface area contributed by atoms with Crippen molar-refractivity contribution >= 4 is 28.5 Å². The molecule has 2 heterocycles. The van der Waals surface area contributed by atoms with Crippen LogP contribution >= 0.6 is 11.6 Å². The van der Waals surface area contributed by atoms with E-state index in [4.69, 9.17) is 17.3 Å². The molecule has 3 aromatic rings. The fraction of sp³-hybridized carbons (Fsp3) is 0.333. The van der Waals surface area contributed by atoms with Crippen LogP contribution in [0.15, 0.2) is 24.3 Å². The van der Waals surface area contributed by atoms with Gasteiger partial charge in [-0.2, -0.15) is 9.78 Å². The second-order valence-electron chi connectivity index (χ2n) is 6.37. The van der Waals surface area contributed by atoms with Gasteiger partial charge in [-0.25, -0.2) is 4.98 Å². The predicted octanol–water partition coefficient (Wildman–Crippen LogP) is 3.57. The summed E-state index contributed by atoms with van der Waals surface area (Å²) < 4.78 is 1.57. The lowest BCUT2D eigenvalue weighted by Gasteiger charge is -2.16. The summed E-state index contributed by atoms with van der Waals surface area (Å²) in [5.41, 5.74) is 8.78. The van der Waals surface area contributed by atoms with Gasteiger partial charge in [-0.15, -0.1) is 0 Å². The summed E-state index contributed by atoms with van der Waals surface area (Å²) in [4.78, 5) is 7.71. The molecule has 0 radical (unpaired) electrons. The van der Waals surface area contributed by atoms with E-state index in [9.17, 15) is 0 Å². The Morgan fingerprint density at radius 3 is 2.67 bits per heavy atom. The summed E-state index contributed by atoms with van der Waals surface area (Å²) in [6.07, 6.45) is 0.753. The van der Waals surface area contributed by atoms with Crippen LogP contribution in [0.25, 0.3) is 17.0 Å². The number of para-hydroxylation sites is 2. The number of nitrogens with one attached hydrogen (secondary N) is 1. The average Bonchev–Trinajstić information content (AvgIpc) is 2.93. The number of imidazole rings is 1. The van der Waals surface area contributed by atoms with Crippen LogP contribution in [-0.2, 0) is 6.42 Å². The average molecular weight is 304 g/mol. The zero-order valence-corrected chi connectivity index (χ0v) is 13.1. The lowest BCUT2D eigenvalue weighted by Crippen LogP contribution is -2.10. The number of nitrogen functional groups attached to an aromatic ring is 1. The molecule has 110 valence electrons. The number of aromatic nitrogens is 4. The molecular formula is C15H18ClN5. The fourth-order valence-electron chi connectivity index (χ4n) is 2.28. The molecule has 0 fully saturated rings. The van der Waals surface area contributed by atoms with Crippen molar-refractivity contribution in [2.75, 3.05) is 5.73 Å². The molecule has 6 heteroatoms. The zero-order chi connectivity index (χ0) is 15.2. The van der Waals surface area contributed by atoms with E-state index in [1.165, 1.54) is 0 Å². The fourth-order valence-corrected chi connectivity index (χ4v) is 2.46. The third kappa shape index (κ3) is 2.61. The van der Waals surface area contributed by atoms with Crippen LogP contribution in [0.1, 0.15) is 26.5 Å². The number of H-pyrrole nitrogens is 1. The maximum Gasteiger partial charge on any atom is 0.231 e. The number of hydrogen-bond donors (Lipinski definition) is 2. The van der Waals surface area contributed by atoms with E-state index in [1.54, 1.807) is 4.68 Å². The highest BCUT2D eigenvalue weighted by atomic mass is 35.5. The van der Waals surface area contributed by atoms with Crippen molar-refractivity contribution in [1.29, 1.82) is 0 Å². The van der Waals surface area contributed by atoms with Gasteiger partial charge in [0.05, 0.1) is 16.7 Å². The standard InChI is InChI=1S/C15H18ClN5/c1-15(2,3)8-11-12(16)13(17)21(20-11)14-18-9-6-4-5-7-10(9)19-14/h4-7H,8,17H2,1-3H3,(H,18,19). The number of benzene rings is 1. The Labute approximate surface area is 128 Å². The van der Waals surface area contributed by atoms with E-state index in [0.717, 1.165) is 23.1 Å². The third-order valence-electron chi connectivity index (χ3n) is 3.20. The maximum atomic E-state index is 6.32. The van der Waals surface area contributed by atoms with Gasteiger partial charge < -0.3 is 10.7 Å². The van der Waals surface area contributed by atoms with Crippen molar-refractivity contribution in [2.24, 2.45) is 5.41 Å². The Morgan fingerprint density at radius 1 is 1.29 bits per heavy atom. The summed E-state index contributed by atoms with van der Waals surface area (Å²) in [6, 6.07) is 7.79. The minimum Gasteiger partial charge on any atom is -0.382 e. The van der Waals surface area contributed by atoms with Crippen LogP contribution in [0.5, 0.6) is 0 Å². The van der Waals surface area contributed by atoms with Crippen LogP contribution in [-0.4, -0.2) is 19.7 Å². The molecule has 0 amide bonds. The number of fused-ring (bicyclic) bond motifs is 1. The quantitative estimate of drug-likeness (QED) is 0.760. The molecule has 1 aromatic carbocycles. The van der Waals surface area contributed by atoms with Crippen molar-refractivity contribution < 1.29 is 0 Å². The molecule has 0 unspecified atom stereocenters. The summed E-state index contributed by atoms with van der Waals surface area (Å²) in [5.74, 6) is 0.991. The summed E-state index contributed by atoms with van der Waals surface area (Å²) in [6.45, 7) is 6.42. The Morgan fingerprint density at radius 2 is 2.00 bits per heavy atom. The molecule has 0 aliphatic heterocycles. The zero-order valence-electron chi connectivity index (χ0n) is 12.3. The van der Waals surface area contributed by atoms with Gasteiger partial charge in [-0.05, 0) is 24.0 Å². The van der Waals surface area contributed by atoms with Gasteiger partial charge >= 0.3 is 0 Å². The van der Waals surface area contributed by atoms with E-state index in [0.29, 0.717) is 16.8 Å². The van der Waals surface area contributed by atoms with Crippen LogP contribution < -0.4 is 5.73 Å². The number of rotatable bonds is 2. The molecule has 0 saturated carbocycles. The Kier molecular flexibility index (Phi) is 3.17. The normalized spacial score (nSPS) is 12.2. The van der Waals surface area contributed by atoms with Crippen molar-refractivity contribution in [3.63, 3.8) is 0 Å². The van der Waals surface area contributed by atoms with Crippen molar-refractivity contribution in [3.05, 3.63) is 35.0 Å². The second kappa shape index (κ2) is 4.77. The first kappa shape index (κ1) is 13.9. The molecule has 0 atom stereocenters. The Bertz CT molecular complexity index is 761. The van der Waals surface area contributed by atoms with Crippen LogP contribution in [0, 0.1) is 5.41 Å². The molecule has 2 aromatic heterocycles. The van der Waals surface area contributed by atoms with Gasteiger partial charge in [-0.3, -0.25) is 0 Å². The maximum absolute atomic E-state index is 6.32. The Hall–Kier alpha value is -2.01. The molecule has 21 heavy (non-hydrogen) atoms. The highest BCUT2D eigenvalue weighted by Crippen LogP contribution is 2.30. The molecular weight excluding hydrogens is 286 g/mol. The van der Waals surface area contributed by atoms with Crippen LogP contribution in [0.2, 0.25) is 5.02 Å². The van der Waals surface area contributed by atoms with Gasteiger partial charge in [0.25, 0.3) is 0 Å². The monoisotopic (exact) mass is 303 g/mol. The summed E-state index contributed by atoms with van der Waals surface area (Å²) in [7, 11) is 0. The Balaban J connectivity index is 2.08. The van der Waals surface area contributed by atoms with E-state index in [2.05, 4.69) is 35.8 Å². The molecule has 0 aliphatic rings. The summed E-state index contributed by atoms with van der Waals surface area (Å²) >= 11 is 6.32. The molecule has 5 nitrogen and oxygen atoms in total. The van der Waals surface area contributed by atoms with E-state index < -0.39 is 0 Å². The van der Waals surface area contributed by atoms with Crippen LogP contribution in [0.3, 0.4) is 0 Å². The molecule has 0 saturated heterocycles. The van der Waals surface area contributed by atoms with Gasteiger partial charge in [0, 0.05) is 0 Å². The lowest BCUT2D eigenvalue weighted by molar-refractivity contribution is 0.405. The molecule has 0 aliphatic carbocycles. The lowest BCUT2D eigenvalue weighted by atomic mass is 9.91. The van der Waals surface area contributed by atoms with Gasteiger partial charge in [0.1, 0.15) is 10.8 Å². The highest BCUT2D eigenvalue weighted by Gasteiger charge is 2.21. The number of nitrogens with two attached hydrogens (primary N) is 1. The van der Waals surface area contributed by atoms with Gasteiger partial charge in [0.2, 0.25) is 5.95 Å². The third-order valence-corrected chi connectivity index (χ3v) is 3.61. The first-order valence-electron chi connectivity index (χ1n) is 6.83. The molecule has 0 bridgehead atoms. The number of aromatic amines is 1. The minimum absolute atomic E-state index is 0.0864. The van der Waals surface area contributed by atoms with Gasteiger partial charge in [0.15, 0.2) is 0 Å². The smallest absolute Gasteiger partial charge is 0.231 e. The van der Waals surface area contributed by atoms with Crippen molar-refractivity contribution in [1.82, 2.24) is 19.7 Å². The first-order chi connectivity index (χ1) is 9.85. The van der Waals surface area contributed by atoms with E-state index in [-0.39, 0.29) is 5.41 Å². The second-order valence-corrected chi connectivity index (χ2v) is 6.75. The molecule has 0 spiro atoms. The summed E-state index contributed by atoms with van der Waals surface area (Å²) in [5, 5.41) is 5.03. The van der Waals surface area contributed by atoms with Crippen molar-refractivity contribution in [3.8, 4) is 5.95 Å². The van der Waals surface area contributed by atoms with E-state index in [1.807, 2.05) is 24.3 Å². The van der Waals surface area contributed by atoms with Gasteiger partial charge in [-0.1, -0.05) is 44.5 Å². The molecule has 3 N–H and O–H groups in total. The molecule has 3 rings (SSSR count). The first-order valence-corrected chi connectivity index (χ1v) is 7.21. The number of hydrogen-bond acceptors (Lipinski definition) is 3. The largest absolute Gasteiger partial charge is 0.382 e. The SMILES string of the molecule is CC(C)(C)Cc1nn(-c2nc3ccccc3[nH]2)c(N)c1Cl. The van der Waals surface area contributed by atoms with E-state index >= 15 is 0 Å². The van der Waals surface area contributed by atoms with Crippen LogP contribution in [0.4, 0.5) is 5.82 Å². The minimum atomic E-state index is 0.0864.